The van der Waals surface area contributed by atoms with Gasteiger partial charge in [-0.2, -0.15) is 0 Å². The Bertz CT molecular complexity index is 1320. The van der Waals surface area contributed by atoms with Crippen molar-refractivity contribution < 1.29 is 66.4 Å². The summed E-state index contributed by atoms with van der Waals surface area (Å²) < 4.78 is 67.2. The Morgan fingerprint density at radius 3 is 1.45 bits per heavy atom. The van der Waals surface area contributed by atoms with Crippen molar-refractivity contribution in [3.05, 3.63) is 52.6 Å². The van der Waals surface area contributed by atoms with Gasteiger partial charge < -0.3 is 67.1 Å². The van der Waals surface area contributed by atoms with Crippen LogP contribution in [0.4, 0.5) is 0 Å². The second-order valence-electron chi connectivity index (χ2n) is 13.3. The summed E-state index contributed by atoms with van der Waals surface area (Å²) in [5.41, 5.74) is 3.55. The lowest BCUT2D eigenvalue weighted by Crippen LogP contribution is -2.23. The van der Waals surface area contributed by atoms with E-state index in [2.05, 4.69) is 11.4 Å². The van der Waals surface area contributed by atoms with Gasteiger partial charge in [0, 0.05) is 32.7 Å². The van der Waals surface area contributed by atoms with Crippen LogP contribution in [-0.2, 0) is 54.0 Å². The van der Waals surface area contributed by atoms with E-state index in [1.807, 2.05) is 45.0 Å². The summed E-state index contributed by atoms with van der Waals surface area (Å²) in [6.45, 7) is 11.2. The summed E-state index contributed by atoms with van der Waals surface area (Å²) in [6, 6.07) is 9.43. The number of ether oxygens (including phenoxy) is 12. The van der Waals surface area contributed by atoms with Crippen molar-refractivity contribution in [3.8, 4) is 17.2 Å². The predicted molar refractivity (Wildman–Crippen MR) is 217 cm³/mol. The minimum absolute atomic E-state index is 0.153. The molecule has 58 heavy (non-hydrogen) atoms. The number of amides is 1. The molecule has 0 aromatic heterocycles. The van der Waals surface area contributed by atoms with E-state index < -0.39 is 0 Å². The Hall–Kier alpha value is -3.58. The van der Waals surface area contributed by atoms with Crippen molar-refractivity contribution >= 4 is 11.9 Å². The molecule has 0 aliphatic carbocycles. The second-order valence-corrected chi connectivity index (χ2v) is 13.3. The number of aryl methyl sites for hydroxylation is 2. The smallest absolute Gasteiger partial charge is 0.305 e. The molecule has 0 atom stereocenters. The van der Waals surface area contributed by atoms with Crippen molar-refractivity contribution in [2.75, 3.05) is 154 Å². The van der Waals surface area contributed by atoms with Crippen LogP contribution >= 0.6 is 0 Å². The summed E-state index contributed by atoms with van der Waals surface area (Å²) in [5, 5.41) is 3.01. The van der Waals surface area contributed by atoms with Crippen molar-refractivity contribution in [1.82, 2.24) is 10.2 Å². The first-order valence-electron chi connectivity index (χ1n) is 19.9. The number of carbonyl (C=O) groups is 2. The van der Waals surface area contributed by atoms with Gasteiger partial charge in [-0.25, -0.2) is 0 Å². The van der Waals surface area contributed by atoms with E-state index in [0.717, 1.165) is 29.7 Å². The SMILES string of the molecule is COCCOCCOCCOc1cc(C(=O)NCc2cc(C)cc(C)c2)cc(OCCOCCOCCOC)c1OCCOCCOCCOC(=O)CCCN(C)C. The van der Waals surface area contributed by atoms with Crippen molar-refractivity contribution in [2.24, 2.45) is 0 Å². The summed E-state index contributed by atoms with van der Waals surface area (Å²) in [6.07, 6.45) is 1.13. The quantitative estimate of drug-likeness (QED) is 0.0777. The van der Waals surface area contributed by atoms with E-state index in [0.29, 0.717) is 102 Å². The maximum absolute atomic E-state index is 13.6. The third-order valence-electron chi connectivity index (χ3n) is 7.92. The maximum Gasteiger partial charge on any atom is 0.305 e. The number of benzene rings is 2. The molecule has 0 fully saturated rings. The molecule has 1 N–H and O–H groups in total. The van der Waals surface area contributed by atoms with Crippen molar-refractivity contribution in [2.45, 2.75) is 33.2 Å². The van der Waals surface area contributed by atoms with Gasteiger partial charge in [0.1, 0.15) is 26.4 Å². The first-order chi connectivity index (χ1) is 28.2. The Balaban J connectivity index is 2.05. The molecule has 1 amide bonds. The first-order valence-corrected chi connectivity index (χ1v) is 19.9. The largest absolute Gasteiger partial charge is 0.487 e. The van der Waals surface area contributed by atoms with E-state index >= 15 is 0 Å². The maximum atomic E-state index is 13.6. The molecule has 0 unspecified atom stereocenters. The molecule has 0 heterocycles. The Morgan fingerprint density at radius 2 is 0.983 bits per heavy atom. The third kappa shape index (κ3) is 25.0. The average Bonchev–Trinajstić information content (AvgIpc) is 3.19. The lowest BCUT2D eigenvalue weighted by molar-refractivity contribution is -0.145. The monoisotopic (exact) mass is 824 g/mol. The number of esters is 1. The van der Waals surface area contributed by atoms with Crippen molar-refractivity contribution in [1.29, 1.82) is 0 Å². The molecule has 0 aliphatic heterocycles. The summed E-state index contributed by atoms with van der Waals surface area (Å²) in [7, 11) is 7.17. The molecule has 0 aliphatic rings. The van der Waals surface area contributed by atoms with Crippen LogP contribution < -0.4 is 19.5 Å². The number of hydrogen-bond acceptors (Lipinski definition) is 15. The summed E-state index contributed by atoms with van der Waals surface area (Å²) >= 11 is 0. The molecular weight excluding hydrogens is 756 g/mol. The number of hydrogen-bond donors (Lipinski definition) is 1. The molecule has 0 saturated carbocycles. The number of carbonyl (C=O) groups excluding carboxylic acids is 2. The molecule has 330 valence electrons. The van der Waals surface area contributed by atoms with Gasteiger partial charge in [0.25, 0.3) is 5.91 Å². The Morgan fingerprint density at radius 1 is 0.552 bits per heavy atom. The minimum Gasteiger partial charge on any atom is -0.487 e. The van der Waals surface area contributed by atoms with Crippen LogP contribution in [-0.4, -0.2) is 171 Å². The van der Waals surface area contributed by atoms with E-state index in [-0.39, 0.29) is 64.7 Å². The lowest BCUT2D eigenvalue weighted by Gasteiger charge is -2.19. The highest BCUT2D eigenvalue weighted by atomic mass is 16.6. The minimum atomic E-state index is -0.309. The van der Waals surface area contributed by atoms with Crippen LogP contribution in [0, 0.1) is 13.8 Å². The lowest BCUT2D eigenvalue weighted by atomic mass is 10.1. The van der Waals surface area contributed by atoms with Gasteiger partial charge in [-0.1, -0.05) is 29.3 Å². The molecule has 0 saturated heterocycles. The van der Waals surface area contributed by atoms with E-state index in [1.54, 1.807) is 26.4 Å². The third-order valence-corrected chi connectivity index (χ3v) is 7.92. The predicted octanol–water partition coefficient (Wildman–Crippen LogP) is 3.65. The molecule has 16 heteroatoms. The van der Waals surface area contributed by atoms with Crippen LogP contribution in [0.25, 0.3) is 0 Å². The Labute approximate surface area is 344 Å². The Kier molecular flexibility index (Phi) is 29.0. The van der Waals surface area contributed by atoms with Crippen LogP contribution in [0.2, 0.25) is 0 Å². The van der Waals surface area contributed by atoms with Gasteiger partial charge in [-0.3, -0.25) is 9.59 Å². The van der Waals surface area contributed by atoms with Gasteiger partial charge in [0.05, 0.1) is 92.5 Å². The first kappa shape index (κ1) is 50.6. The molecule has 0 radical (unpaired) electrons. The van der Waals surface area contributed by atoms with Crippen LogP contribution in [0.5, 0.6) is 17.2 Å². The fraction of sp³-hybridized carbons (Fsp3) is 0.667. The highest BCUT2D eigenvalue weighted by molar-refractivity contribution is 5.95. The van der Waals surface area contributed by atoms with Crippen LogP contribution in [0.3, 0.4) is 0 Å². The average molecular weight is 825 g/mol. The zero-order valence-corrected chi connectivity index (χ0v) is 35.6. The fourth-order valence-corrected chi connectivity index (χ4v) is 5.22. The number of methoxy groups -OCH3 is 2. The van der Waals surface area contributed by atoms with E-state index in [1.165, 1.54) is 0 Å². The van der Waals surface area contributed by atoms with Crippen LogP contribution in [0.1, 0.15) is 39.9 Å². The standard InChI is InChI=1S/C42H68N2O14/c1-34-28-35(2)30-36(29-34)33-43-42(46)37-31-38(55-24-20-51-16-14-49-12-10-47-5)41(39(32-37)56-25-21-52-17-15-50-13-11-48-6)58-27-23-54-19-18-53-22-26-57-40(45)8-7-9-44(3)4/h28-32H,7-27,33H2,1-6H3,(H,43,46). The van der Waals surface area contributed by atoms with E-state index in [9.17, 15) is 9.59 Å². The molecule has 16 nitrogen and oxygen atoms in total. The van der Waals surface area contributed by atoms with Gasteiger partial charge in [-0.05, 0) is 58.6 Å². The highest BCUT2D eigenvalue weighted by Crippen LogP contribution is 2.39. The zero-order chi connectivity index (χ0) is 42.1. The fourth-order valence-electron chi connectivity index (χ4n) is 5.22. The molecule has 0 bridgehead atoms. The number of rotatable bonds is 37. The molecule has 0 spiro atoms. The van der Waals surface area contributed by atoms with Gasteiger partial charge in [0.15, 0.2) is 11.5 Å². The summed E-state index contributed by atoms with van der Waals surface area (Å²) in [4.78, 5) is 27.4. The number of nitrogens with one attached hydrogen (secondary N) is 1. The zero-order valence-electron chi connectivity index (χ0n) is 35.6. The van der Waals surface area contributed by atoms with Gasteiger partial charge in [0.2, 0.25) is 5.75 Å². The second kappa shape index (κ2) is 33.3. The molecule has 2 aromatic rings. The van der Waals surface area contributed by atoms with Gasteiger partial charge in [-0.15, -0.1) is 0 Å². The highest BCUT2D eigenvalue weighted by Gasteiger charge is 2.20. The normalized spacial score (nSPS) is 11.2. The van der Waals surface area contributed by atoms with Gasteiger partial charge >= 0.3 is 5.97 Å². The van der Waals surface area contributed by atoms with Crippen LogP contribution in [0.15, 0.2) is 30.3 Å². The molecule has 2 rings (SSSR count). The topological polar surface area (TPSA) is 160 Å². The number of nitrogens with zero attached hydrogens (tertiary/aromatic N) is 1. The summed E-state index contributed by atoms with van der Waals surface area (Å²) in [5.74, 6) is 0.381. The molecular formula is C42H68N2O14. The van der Waals surface area contributed by atoms with E-state index in [4.69, 9.17) is 56.8 Å². The molecule has 2 aromatic carbocycles. The van der Waals surface area contributed by atoms with Crippen molar-refractivity contribution in [3.63, 3.8) is 0 Å².